The van der Waals surface area contributed by atoms with Crippen molar-refractivity contribution in [3.05, 3.63) is 29.8 Å². The van der Waals surface area contributed by atoms with Crippen LogP contribution >= 0.6 is 0 Å². The van der Waals surface area contributed by atoms with Crippen LogP contribution in [0.2, 0.25) is 0 Å². The molecule has 1 heterocycles. The fourth-order valence-corrected chi connectivity index (χ4v) is 2.67. The van der Waals surface area contributed by atoms with Crippen LogP contribution in [-0.2, 0) is 4.79 Å². The highest BCUT2D eigenvalue weighted by Gasteiger charge is 2.25. The fraction of sp³-hybridized carbons (Fsp3) is 0.500. The maximum atomic E-state index is 12.7. The Bertz CT molecular complexity index is 516. The predicted octanol–water partition coefficient (Wildman–Crippen LogP) is 1.81. The van der Waals surface area contributed by atoms with E-state index < -0.39 is 5.91 Å². The van der Waals surface area contributed by atoms with Gasteiger partial charge in [-0.2, -0.15) is 0 Å². The molecule has 21 heavy (non-hydrogen) atoms. The Morgan fingerprint density at radius 1 is 1.38 bits per heavy atom. The molecule has 114 valence electrons. The molecule has 1 aliphatic heterocycles. The minimum absolute atomic E-state index is 0.0341. The highest BCUT2D eigenvalue weighted by atomic mass is 16.5. The van der Waals surface area contributed by atoms with Gasteiger partial charge >= 0.3 is 0 Å². The summed E-state index contributed by atoms with van der Waals surface area (Å²) in [5.41, 5.74) is 5.58. The Kier molecular flexibility index (Phi) is 5.20. The molecule has 1 fully saturated rings. The molecule has 1 aromatic carbocycles. The molecule has 2 N–H and O–H groups in total. The zero-order chi connectivity index (χ0) is 15.2. The van der Waals surface area contributed by atoms with Crippen molar-refractivity contribution in [1.82, 2.24) is 4.90 Å². The summed E-state index contributed by atoms with van der Waals surface area (Å²) in [5.74, 6) is 0.399. The van der Waals surface area contributed by atoms with Gasteiger partial charge in [-0.05, 0) is 30.9 Å². The third-order valence-corrected chi connectivity index (χ3v) is 3.87. The van der Waals surface area contributed by atoms with E-state index in [2.05, 4.69) is 6.92 Å². The number of benzene rings is 1. The zero-order valence-corrected chi connectivity index (χ0v) is 12.4. The number of carbonyl (C=O) groups is 2. The van der Waals surface area contributed by atoms with Gasteiger partial charge in [0.25, 0.3) is 11.8 Å². The molecule has 1 atom stereocenters. The lowest BCUT2D eigenvalue weighted by molar-refractivity contribution is -0.119. The molecule has 1 saturated heterocycles. The van der Waals surface area contributed by atoms with Crippen LogP contribution in [0.4, 0.5) is 0 Å². The molecule has 0 radical (unpaired) electrons. The maximum Gasteiger partial charge on any atom is 0.257 e. The number of rotatable bonds is 5. The molecule has 1 aromatic rings. The Morgan fingerprint density at radius 3 is 2.86 bits per heavy atom. The van der Waals surface area contributed by atoms with E-state index >= 15 is 0 Å². The van der Waals surface area contributed by atoms with E-state index in [9.17, 15) is 9.59 Å². The zero-order valence-electron chi connectivity index (χ0n) is 12.4. The third-order valence-electron chi connectivity index (χ3n) is 3.87. The number of hydrogen-bond donors (Lipinski definition) is 1. The fourth-order valence-electron chi connectivity index (χ4n) is 2.67. The summed E-state index contributed by atoms with van der Waals surface area (Å²) >= 11 is 0. The smallest absolute Gasteiger partial charge is 0.257 e. The predicted molar refractivity (Wildman–Crippen MR) is 80.0 cm³/mol. The molecule has 2 amide bonds. The van der Waals surface area contributed by atoms with Crippen molar-refractivity contribution >= 4 is 11.8 Å². The average molecular weight is 290 g/mol. The van der Waals surface area contributed by atoms with Crippen LogP contribution < -0.4 is 10.5 Å². The molecule has 5 nitrogen and oxygen atoms in total. The largest absolute Gasteiger partial charge is 0.483 e. The van der Waals surface area contributed by atoms with E-state index in [0.29, 0.717) is 17.2 Å². The second kappa shape index (κ2) is 7.11. The van der Waals surface area contributed by atoms with Gasteiger partial charge in [0.1, 0.15) is 5.75 Å². The molecule has 0 aliphatic carbocycles. The second-order valence-electron chi connectivity index (χ2n) is 5.42. The van der Waals surface area contributed by atoms with Crippen LogP contribution in [0.5, 0.6) is 5.75 Å². The molecule has 1 unspecified atom stereocenters. The molecular weight excluding hydrogens is 268 g/mol. The summed E-state index contributed by atoms with van der Waals surface area (Å²) < 4.78 is 5.34. The average Bonchev–Trinajstić information content (AvgIpc) is 2.52. The first-order chi connectivity index (χ1) is 10.1. The van der Waals surface area contributed by atoms with Crippen LogP contribution in [0.1, 0.15) is 36.5 Å². The number of primary amides is 1. The molecule has 0 bridgehead atoms. The Balaban J connectivity index is 2.12. The number of nitrogens with two attached hydrogens (primary N) is 1. The van der Waals surface area contributed by atoms with Gasteiger partial charge in [-0.3, -0.25) is 9.59 Å². The highest BCUT2D eigenvalue weighted by molar-refractivity contribution is 5.97. The first kappa shape index (κ1) is 15.4. The minimum Gasteiger partial charge on any atom is -0.483 e. The van der Waals surface area contributed by atoms with Crippen LogP contribution in [0, 0.1) is 5.92 Å². The van der Waals surface area contributed by atoms with Gasteiger partial charge < -0.3 is 15.4 Å². The summed E-state index contributed by atoms with van der Waals surface area (Å²) in [6.45, 7) is 3.50. The molecule has 5 heteroatoms. The van der Waals surface area contributed by atoms with Crippen molar-refractivity contribution < 1.29 is 14.3 Å². The quantitative estimate of drug-likeness (QED) is 0.899. The SMILES string of the molecule is CCC1CCCN(C(=O)c2ccccc2OCC(N)=O)C1. The van der Waals surface area contributed by atoms with Crippen molar-refractivity contribution in [2.45, 2.75) is 26.2 Å². The van der Waals surface area contributed by atoms with Crippen molar-refractivity contribution in [3.8, 4) is 5.75 Å². The van der Waals surface area contributed by atoms with Crippen molar-refractivity contribution in [2.24, 2.45) is 11.7 Å². The summed E-state index contributed by atoms with van der Waals surface area (Å²) in [5, 5.41) is 0. The molecule has 0 aromatic heterocycles. The van der Waals surface area contributed by atoms with Gasteiger partial charge in [0.05, 0.1) is 5.56 Å². The normalized spacial score (nSPS) is 18.3. The lowest BCUT2D eigenvalue weighted by Gasteiger charge is -2.32. The van der Waals surface area contributed by atoms with Crippen molar-refractivity contribution in [3.63, 3.8) is 0 Å². The Hall–Kier alpha value is -2.04. The van der Waals surface area contributed by atoms with E-state index in [0.717, 1.165) is 25.9 Å². The maximum absolute atomic E-state index is 12.7. The van der Waals surface area contributed by atoms with E-state index in [-0.39, 0.29) is 12.5 Å². The van der Waals surface area contributed by atoms with E-state index in [1.54, 1.807) is 24.3 Å². The van der Waals surface area contributed by atoms with Crippen molar-refractivity contribution in [1.29, 1.82) is 0 Å². The standard InChI is InChI=1S/C16H22N2O3/c1-2-12-6-5-9-18(10-12)16(20)13-7-3-4-8-14(13)21-11-15(17)19/h3-4,7-8,12H,2,5-6,9-11H2,1H3,(H2,17,19). The van der Waals surface area contributed by atoms with E-state index in [1.165, 1.54) is 6.42 Å². The van der Waals surface area contributed by atoms with Gasteiger partial charge in [-0.1, -0.05) is 25.5 Å². The lowest BCUT2D eigenvalue weighted by atomic mass is 9.95. The molecule has 0 spiro atoms. The number of para-hydroxylation sites is 1. The van der Waals surface area contributed by atoms with Crippen LogP contribution in [-0.4, -0.2) is 36.4 Å². The number of ether oxygens (including phenoxy) is 1. The van der Waals surface area contributed by atoms with Crippen molar-refractivity contribution in [2.75, 3.05) is 19.7 Å². The summed E-state index contributed by atoms with van der Waals surface area (Å²) in [6.07, 6.45) is 3.30. The number of likely N-dealkylation sites (tertiary alicyclic amines) is 1. The van der Waals surface area contributed by atoms with Gasteiger partial charge in [0.2, 0.25) is 0 Å². The minimum atomic E-state index is -0.554. The van der Waals surface area contributed by atoms with Crippen LogP contribution in [0.15, 0.2) is 24.3 Å². The molecule has 0 saturated carbocycles. The molecular formula is C16H22N2O3. The molecule has 1 aliphatic rings. The van der Waals surface area contributed by atoms with Crippen LogP contribution in [0.25, 0.3) is 0 Å². The van der Waals surface area contributed by atoms with Gasteiger partial charge in [0.15, 0.2) is 6.61 Å². The van der Waals surface area contributed by atoms with Gasteiger partial charge in [-0.25, -0.2) is 0 Å². The van der Waals surface area contributed by atoms with Crippen LogP contribution in [0.3, 0.4) is 0 Å². The summed E-state index contributed by atoms with van der Waals surface area (Å²) in [4.78, 5) is 25.4. The summed E-state index contributed by atoms with van der Waals surface area (Å²) in [6, 6.07) is 7.00. The lowest BCUT2D eigenvalue weighted by Crippen LogP contribution is -2.40. The number of nitrogens with zero attached hydrogens (tertiary/aromatic N) is 1. The summed E-state index contributed by atoms with van der Waals surface area (Å²) in [7, 11) is 0. The number of amides is 2. The van der Waals surface area contributed by atoms with Gasteiger partial charge in [-0.15, -0.1) is 0 Å². The number of piperidine rings is 1. The Labute approximate surface area is 125 Å². The van der Waals surface area contributed by atoms with E-state index in [4.69, 9.17) is 10.5 Å². The second-order valence-corrected chi connectivity index (χ2v) is 5.42. The monoisotopic (exact) mass is 290 g/mol. The first-order valence-corrected chi connectivity index (χ1v) is 7.41. The topological polar surface area (TPSA) is 72.6 Å². The Morgan fingerprint density at radius 2 is 2.14 bits per heavy atom. The number of hydrogen-bond acceptors (Lipinski definition) is 3. The third kappa shape index (κ3) is 3.97. The number of carbonyl (C=O) groups excluding carboxylic acids is 2. The highest BCUT2D eigenvalue weighted by Crippen LogP contribution is 2.24. The van der Waals surface area contributed by atoms with E-state index in [1.807, 2.05) is 4.90 Å². The van der Waals surface area contributed by atoms with Gasteiger partial charge in [0, 0.05) is 13.1 Å². The first-order valence-electron chi connectivity index (χ1n) is 7.41. The molecule has 2 rings (SSSR count).